The van der Waals surface area contributed by atoms with Gasteiger partial charge in [-0.2, -0.15) is 0 Å². The first-order valence-corrected chi connectivity index (χ1v) is 3.97. The highest BCUT2D eigenvalue weighted by atomic mass is 14.2. The summed E-state index contributed by atoms with van der Waals surface area (Å²) in [7, 11) is 0. The molecule has 0 aliphatic rings. The van der Waals surface area contributed by atoms with Gasteiger partial charge >= 0.3 is 0 Å². The molecule has 0 bridgehead atoms. The maximum absolute atomic E-state index is 3.22. The topological polar surface area (TPSA) is 0 Å². The van der Waals surface area contributed by atoms with Gasteiger partial charge in [0.1, 0.15) is 0 Å². The Hall–Kier alpha value is -0.440. The Morgan fingerprint density at radius 3 is 2.10 bits per heavy atom. The molecule has 0 amide bonds. The zero-order valence-electron chi connectivity index (χ0n) is 7.78. The second-order valence-corrected chi connectivity index (χ2v) is 3.76. The van der Waals surface area contributed by atoms with E-state index in [0.717, 1.165) is 6.42 Å². The molecule has 0 saturated carbocycles. The van der Waals surface area contributed by atoms with E-state index in [4.69, 9.17) is 0 Å². The Labute approximate surface area is 65.0 Å². The van der Waals surface area contributed by atoms with Gasteiger partial charge in [0.2, 0.25) is 0 Å². The van der Waals surface area contributed by atoms with Gasteiger partial charge in [-0.1, -0.05) is 40.5 Å². The van der Waals surface area contributed by atoms with Gasteiger partial charge in [-0.3, -0.25) is 0 Å². The summed E-state index contributed by atoms with van der Waals surface area (Å²) in [5, 5.41) is 0. The molecule has 58 valence electrons. The van der Waals surface area contributed by atoms with Crippen molar-refractivity contribution in [2.75, 3.05) is 0 Å². The van der Waals surface area contributed by atoms with Crippen LogP contribution >= 0.6 is 0 Å². The van der Waals surface area contributed by atoms with Gasteiger partial charge < -0.3 is 0 Å². The minimum atomic E-state index is 0.335. The van der Waals surface area contributed by atoms with E-state index in [0.29, 0.717) is 11.3 Å². The third kappa shape index (κ3) is 3.56. The standard InChI is InChI=1S/C10H18/c1-6-7-8-9(2)10(3,4)5/h9H,6H2,1-5H3. The van der Waals surface area contributed by atoms with Crippen molar-refractivity contribution in [1.82, 2.24) is 0 Å². The van der Waals surface area contributed by atoms with Crippen molar-refractivity contribution >= 4 is 0 Å². The first kappa shape index (κ1) is 9.56. The molecule has 0 aromatic heterocycles. The van der Waals surface area contributed by atoms with Crippen molar-refractivity contribution < 1.29 is 0 Å². The highest BCUT2D eigenvalue weighted by Gasteiger charge is 2.16. The van der Waals surface area contributed by atoms with Gasteiger partial charge in [-0.25, -0.2) is 0 Å². The van der Waals surface area contributed by atoms with E-state index in [1.807, 2.05) is 0 Å². The first-order chi connectivity index (χ1) is 4.48. The SMILES string of the molecule is CCC#CC(C)C(C)(C)C. The molecular formula is C10H18. The van der Waals surface area contributed by atoms with Crippen LogP contribution in [0.4, 0.5) is 0 Å². The molecular weight excluding hydrogens is 120 g/mol. The first-order valence-electron chi connectivity index (χ1n) is 3.97. The summed E-state index contributed by atoms with van der Waals surface area (Å²) in [4.78, 5) is 0. The van der Waals surface area contributed by atoms with Crippen molar-refractivity contribution in [2.24, 2.45) is 11.3 Å². The fourth-order valence-electron chi connectivity index (χ4n) is 0.472. The fourth-order valence-corrected chi connectivity index (χ4v) is 0.472. The molecule has 0 heteroatoms. The highest BCUT2D eigenvalue weighted by Crippen LogP contribution is 2.24. The van der Waals surface area contributed by atoms with E-state index in [1.165, 1.54) is 0 Å². The van der Waals surface area contributed by atoms with E-state index >= 15 is 0 Å². The summed E-state index contributed by atoms with van der Waals surface area (Å²) in [6.45, 7) is 10.9. The molecule has 1 atom stereocenters. The molecule has 0 spiro atoms. The molecule has 0 aliphatic heterocycles. The maximum atomic E-state index is 3.22. The van der Waals surface area contributed by atoms with Crippen molar-refractivity contribution in [3.63, 3.8) is 0 Å². The predicted octanol–water partition coefficient (Wildman–Crippen LogP) is 3.08. The maximum Gasteiger partial charge on any atom is 0.0223 e. The predicted molar refractivity (Wildman–Crippen MR) is 46.7 cm³/mol. The van der Waals surface area contributed by atoms with Gasteiger partial charge in [-0.05, 0) is 5.41 Å². The minimum absolute atomic E-state index is 0.335. The van der Waals surface area contributed by atoms with Crippen LogP contribution in [0.15, 0.2) is 0 Å². The van der Waals surface area contributed by atoms with Crippen LogP contribution in [0.25, 0.3) is 0 Å². The van der Waals surface area contributed by atoms with E-state index in [2.05, 4.69) is 46.5 Å². The third-order valence-corrected chi connectivity index (χ3v) is 1.79. The summed E-state index contributed by atoms with van der Waals surface area (Å²) in [5.74, 6) is 6.83. The van der Waals surface area contributed by atoms with Crippen LogP contribution in [-0.2, 0) is 0 Å². The van der Waals surface area contributed by atoms with Crippen molar-refractivity contribution in [1.29, 1.82) is 0 Å². The van der Waals surface area contributed by atoms with Crippen molar-refractivity contribution in [3.8, 4) is 11.8 Å². The Bertz CT molecular complexity index is 138. The van der Waals surface area contributed by atoms with Crippen LogP contribution in [0, 0.1) is 23.2 Å². The molecule has 0 aliphatic carbocycles. The molecule has 0 fully saturated rings. The van der Waals surface area contributed by atoms with Crippen molar-refractivity contribution in [2.45, 2.75) is 41.0 Å². The summed E-state index contributed by atoms with van der Waals surface area (Å²) >= 11 is 0. The Morgan fingerprint density at radius 2 is 1.80 bits per heavy atom. The average Bonchev–Trinajstić information content (AvgIpc) is 1.80. The summed E-state index contributed by atoms with van der Waals surface area (Å²) in [6.07, 6.45) is 0.973. The van der Waals surface area contributed by atoms with E-state index < -0.39 is 0 Å². The molecule has 0 saturated heterocycles. The van der Waals surface area contributed by atoms with Crippen LogP contribution < -0.4 is 0 Å². The molecule has 0 radical (unpaired) electrons. The molecule has 0 rings (SSSR count). The van der Waals surface area contributed by atoms with Crippen LogP contribution in [0.1, 0.15) is 41.0 Å². The molecule has 0 aromatic carbocycles. The van der Waals surface area contributed by atoms with Gasteiger partial charge in [0, 0.05) is 12.3 Å². The summed E-state index contributed by atoms with van der Waals surface area (Å²) in [6, 6.07) is 0. The third-order valence-electron chi connectivity index (χ3n) is 1.79. The zero-order valence-corrected chi connectivity index (χ0v) is 7.78. The Kier molecular flexibility index (Phi) is 3.50. The molecule has 10 heavy (non-hydrogen) atoms. The second-order valence-electron chi connectivity index (χ2n) is 3.76. The van der Waals surface area contributed by atoms with Crippen LogP contribution in [-0.4, -0.2) is 0 Å². The quantitative estimate of drug-likeness (QED) is 0.451. The lowest BCUT2D eigenvalue weighted by Gasteiger charge is -2.21. The number of hydrogen-bond acceptors (Lipinski definition) is 0. The van der Waals surface area contributed by atoms with Gasteiger partial charge in [0.05, 0.1) is 0 Å². The van der Waals surface area contributed by atoms with Gasteiger partial charge in [-0.15, -0.1) is 5.92 Å². The van der Waals surface area contributed by atoms with Gasteiger partial charge in [0.15, 0.2) is 0 Å². The Balaban J connectivity index is 3.97. The van der Waals surface area contributed by atoms with Crippen molar-refractivity contribution in [3.05, 3.63) is 0 Å². The fraction of sp³-hybridized carbons (Fsp3) is 0.800. The smallest absolute Gasteiger partial charge is 0.0223 e. The number of hydrogen-bond donors (Lipinski definition) is 0. The number of rotatable bonds is 0. The van der Waals surface area contributed by atoms with Gasteiger partial charge in [0.25, 0.3) is 0 Å². The lowest BCUT2D eigenvalue weighted by molar-refractivity contribution is 0.324. The molecule has 0 N–H and O–H groups in total. The van der Waals surface area contributed by atoms with Crippen LogP contribution in [0.5, 0.6) is 0 Å². The van der Waals surface area contributed by atoms with E-state index in [9.17, 15) is 0 Å². The summed E-state index contributed by atoms with van der Waals surface area (Å²) < 4.78 is 0. The van der Waals surface area contributed by atoms with E-state index in [1.54, 1.807) is 0 Å². The normalized spacial score (nSPS) is 13.7. The summed E-state index contributed by atoms with van der Waals surface area (Å²) in [5.41, 5.74) is 0.335. The Morgan fingerprint density at radius 1 is 1.30 bits per heavy atom. The molecule has 0 aromatic rings. The molecule has 0 heterocycles. The lowest BCUT2D eigenvalue weighted by atomic mass is 9.82. The highest BCUT2D eigenvalue weighted by molar-refractivity contribution is 5.04. The van der Waals surface area contributed by atoms with Crippen LogP contribution in [0.2, 0.25) is 0 Å². The second kappa shape index (κ2) is 3.66. The largest absolute Gasteiger partial charge is 0.103 e. The van der Waals surface area contributed by atoms with E-state index in [-0.39, 0.29) is 0 Å². The molecule has 1 unspecified atom stereocenters. The zero-order chi connectivity index (χ0) is 8.20. The average molecular weight is 138 g/mol. The minimum Gasteiger partial charge on any atom is -0.103 e. The monoisotopic (exact) mass is 138 g/mol. The molecule has 0 nitrogen and oxygen atoms in total. The van der Waals surface area contributed by atoms with Crippen LogP contribution in [0.3, 0.4) is 0 Å². The lowest BCUT2D eigenvalue weighted by Crippen LogP contribution is -2.15.